The van der Waals surface area contributed by atoms with E-state index in [9.17, 15) is 0 Å². The van der Waals surface area contributed by atoms with Gasteiger partial charge in [-0.15, -0.1) is 0 Å². The summed E-state index contributed by atoms with van der Waals surface area (Å²) >= 11 is 0. The van der Waals surface area contributed by atoms with Crippen LogP contribution in [0.3, 0.4) is 0 Å². The van der Waals surface area contributed by atoms with Crippen LogP contribution < -0.4 is 9.47 Å². The summed E-state index contributed by atoms with van der Waals surface area (Å²) in [5.41, 5.74) is 3.57. The lowest BCUT2D eigenvalue weighted by molar-refractivity contribution is 0.233. The molecular formula is C18H23N3O2. The summed E-state index contributed by atoms with van der Waals surface area (Å²) in [7, 11) is 3.36. The summed E-state index contributed by atoms with van der Waals surface area (Å²) in [6.45, 7) is 5.13. The average molecular weight is 313 g/mol. The van der Waals surface area contributed by atoms with Crippen LogP contribution in [-0.4, -0.2) is 42.2 Å². The Balaban J connectivity index is 1.68. The molecule has 0 N–H and O–H groups in total. The summed E-state index contributed by atoms with van der Waals surface area (Å²) in [5.74, 6) is 2.06. The molecule has 3 rings (SSSR count). The predicted octanol–water partition coefficient (Wildman–Crippen LogP) is 2.66. The number of rotatable bonds is 5. The first-order valence-corrected chi connectivity index (χ1v) is 7.94. The van der Waals surface area contributed by atoms with Crippen molar-refractivity contribution >= 4 is 0 Å². The molecule has 0 amide bonds. The highest BCUT2D eigenvalue weighted by molar-refractivity contribution is 5.32. The van der Waals surface area contributed by atoms with Gasteiger partial charge in [0.2, 0.25) is 5.88 Å². The number of ether oxygens (including phenoxy) is 2. The van der Waals surface area contributed by atoms with Crippen molar-refractivity contribution in [1.82, 2.24) is 14.9 Å². The largest absolute Gasteiger partial charge is 0.497 e. The first-order chi connectivity index (χ1) is 11.2. The van der Waals surface area contributed by atoms with Crippen molar-refractivity contribution in [3.63, 3.8) is 0 Å². The van der Waals surface area contributed by atoms with Crippen molar-refractivity contribution in [2.24, 2.45) is 0 Å². The first-order valence-electron chi connectivity index (χ1n) is 7.94. The van der Waals surface area contributed by atoms with Gasteiger partial charge >= 0.3 is 0 Å². The van der Waals surface area contributed by atoms with Crippen molar-refractivity contribution < 1.29 is 9.47 Å². The molecule has 0 saturated carbocycles. The fraction of sp³-hybridized carbons (Fsp3) is 0.444. The van der Waals surface area contributed by atoms with Crippen molar-refractivity contribution in [3.05, 3.63) is 47.4 Å². The fourth-order valence-electron chi connectivity index (χ4n) is 3.13. The van der Waals surface area contributed by atoms with Gasteiger partial charge in [0.05, 0.1) is 19.9 Å². The van der Waals surface area contributed by atoms with E-state index in [4.69, 9.17) is 9.47 Å². The van der Waals surface area contributed by atoms with E-state index in [2.05, 4.69) is 33.9 Å². The lowest BCUT2D eigenvalue weighted by Gasteiger charge is -2.30. The molecule has 0 fully saturated rings. The molecule has 23 heavy (non-hydrogen) atoms. The maximum atomic E-state index is 5.38. The number of hydrogen-bond acceptors (Lipinski definition) is 5. The Labute approximate surface area is 137 Å². The molecular weight excluding hydrogens is 290 g/mol. The molecule has 0 radical (unpaired) electrons. The number of nitrogens with zero attached hydrogens (tertiary/aromatic N) is 3. The predicted molar refractivity (Wildman–Crippen MR) is 89.0 cm³/mol. The Bertz CT molecular complexity index is 644. The minimum Gasteiger partial charge on any atom is -0.497 e. The van der Waals surface area contributed by atoms with Gasteiger partial charge in [0.15, 0.2) is 0 Å². The van der Waals surface area contributed by atoms with E-state index in [0.717, 1.165) is 43.1 Å². The molecule has 1 aliphatic heterocycles. The summed E-state index contributed by atoms with van der Waals surface area (Å²) in [4.78, 5) is 11.1. The van der Waals surface area contributed by atoms with Gasteiger partial charge in [-0.2, -0.15) is 0 Å². The van der Waals surface area contributed by atoms with Crippen LogP contribution in [-0.2, 0) is 13.0 Å². The van der Waals surface area contributed by atoms with Crippen molar-refractivity contribution in [2.45, 2.75) is 25.8 Å². The summed E-state index contributed by atoms with van der Waals surface area (Å²) in [5, 5.41) is 0. The third-order valence-corrected chi connectivity index (χ3v) is 4.45. The number of aromatic nitrogens is 2. The van der Waals surface area contributed by atoms with Gasteiger partial charge in [-0.05, 0) is 23.6 Å². The second-order valence-electron chi connectivity index (χ2n) is 5.97. The highest BCUT2D eigenvalue weighted by Gasteiger charge is 2.23. The Morgan fingerprint density at radius 3 is 2.61 bits per heavy atom. The molecule has 122 valence electrons. The second kappa shape index (κ2) is 6.96. The topological polar surface area (TPSA) is 47.5 Å². The maximum absolute atomic E-state index is 5.38. The number of hydrogen-bond donors (Lipinski definition) is 0. The van der Waals surface area contributed by atoms with Gasteiger partial charge in [-0.25, -0.2) is 9.97 Å². The molecule has 0 unspecified atom stereocenters. The Morgan fingerprint density at radius 1 is 1.13 bits per heavy atom. The van der Waals surface area contributed by atoms with Crippen LogP contribution in [0.25, 0.3) is 0 Å². The van der Waals surface area contributed by atoms with Gasteiger partial charge in [0.25, 0.3) is 0 Å². The molecule has 1 atom stereocenters. The van der Waals surface area contributed by atoms with Crippen LogP contribution in [0.4, 0.5) is 0 Å². The first kappa shape index (κ1) is 15.7. The molecule has 5 heteroatoms. The molecule has 0 bridgehead atoms. The fourth-order valence-corrected chi connectivity index (χ4v) is 3.13. The Kier molecular flexibility index (Phi) is 4.76. The van der Waals surface area contributed by atoms with Gasteiger partial charge < -0.3 is 9.47 Å². The van der Waals surface area contributed by atoms with Crippen LogP contribution in [0.1, 0.15) is 29.7 Å². The Hall–Kier alpha value is -2.14. The zero-order chi connectivity index (χ0) is 16.2. The molecule has 0 spiro atoms. The number of fused-ring (bicyclic) bond motifs is 1. The number of methoxy groups -OCH3 is 2. The summed E-state index contributed by atoms with van der Waals surface area (Å²) < 4.78 is 10.6. The molecule has 2 heterocycles. The molecule has 0 aliphatic carbocycles. The van der Waals surface area contributed by atoms with E-state index in [-0.39, 0.29) is 0 Å². The van der Waals surface area contributed by atoms with Crippen LogP contribution in [0.5, 0.6) is 11.6 Å². The molecule has 1 aromatic heterocycles. The SMILES string of the molecule is COc1ccc([C@@H](C)CN2CCc3ncnc(OC)c3C2)cc1. The van der Waals surface area contributed by atoms with Crippen LogP contribution in [0.2, 0.25) is 0 Å². The van der Waals surface area contributed by atoms with Crippen LogP contribution in [0, 0.1) is 0 Å². The molecule has 5 nitrogen and oxygen atoms in total. The van der Waals surface area contributed by atoms with Crippen LogP contribution in [0.15, 0.2) is 30.6 Å². The Morgan fingerprint density at radius 2 is 1.91 bits per heavy atom. The monoisotopic (exact) mass is 313 g/mol. The lowest BCUT2D eigenvalue weighted by atomic mass is 9.98. The third-order valence-electron chi connectivity index (χ3n) is 4.45. The second-order valence-corrected chi connectivity index (χ2v) is 5.97. The zero-order valence-corrected chi connectivity index (χ0v) is 14.0. The van der Waals surface area contributed by atoms with Crippen molar-refractivity contribution in [2.75, 3.05) is 27.3 Å². The summed E-state index contributed by atoms with van der Waals surface area (Å²) in [6.07, 6.45) is 2.54. The van der Waals surface area contributed by atoms with Gasteiger partial charge in [0.1, 0.15) is 12.1 Å². The normalized spacial score (nSPS) is 15.8. The average Bonchev–Trinajstić information content (AvgIpc) is 2.61. The molecule has 1 aromatic carbocycles. The smallest absolute Gasteiger partial charge is 0.220 e. The van der Waals surface area contributed by atoms with Gasteiger partial charge in [0, 0.05) is 31.6 Å². The highest BCUT2D eigenvalue weighted by Crippen LogP contribution is 2.27. The van der Waals surface area contributed by atoms with Crippen molar-refractivity contribution in [1.29, 1.82) is 0 Å². The molecule has 0 saturated heterocycles. The minimum absolute atomic E-state index is 0.457. The number of benzene rings is 1. The van der Waals surface area contributed by atoms with E-state index in [1.165, 1.54) is 5.56 Å². The summed E-state index contributed by atoms with van der Waals surface area (Å²) in [6, 6.07) is 8.33. The van der Waals surface area contributed by atoms with Crippen LogP contribution >= 0.6 is 0 Å². The molecule has 1 aliphatic rings. The van der Waals surface area contributed by atoms with Gasteiger partial charge in [-0.3, -0.25) is 4.90 Å². The van der Waals surface area contributed by atoms with Gasteiger partial charge in [-0.1, -0.05) is 19.1 Å². The van der Waals surface area contributed by atoms with E-state index in [0.29, 0.717) is 11.8 Å². The van der Waals surface area contributed by atoms with E-state index in [1.54, 1.807) is 20.5 Å². The molecule has 2 aromatic rings. The zero-order valence-electron chi connectivity index (χ0n) is 14.0. The highest BCUT2D eigenvalue weighted by atomic mass is 16.5. The maximum Gasteiger partial charge on any atom is 0.220 e. The third kappa shape index (κ3) is 3.45. The standard InChI is InChI=1S/C18H23N3O2/c1-13(14-4-6-15(22-2)7-5-14)10-21-9-8-17-16(11-21)18(23-3)20-12-19-17/h4-7,12-13H,8-11H2,1-3H3/t13-/m0/s1. The van der Waals surface area contributed by atoms with E-state index >= 15 is 0 Å². The van der Waals surface area contributed by atoms with Crippen molar-refractivity contribution in [3.8, 4) is 11.6 Å². The van der Waals surface area contributed by atoms with E-state index < -0.39 is 0 Å². The lowest BCUT2D eigenvalue weighted by Crippen LogP contribution is -2.34. The van der Waals surface area contributed by atoms with E-state index in [1.807, 2.05) is 12.1 Å². The minimum atomic E-state index is 0.457. The quantitative estimate of drug-likeness (QED) is 0.849.